The average Bonchev–Trinajstić information content (AvgIpc) is 2.83. The number of ether oxygens (including phenoxy) is 2. The minimum absolute atomic E-state index is 0.485. The van der Waals surface area contributed by atoms with Crippen molar-refractivity contribution in [3.05, 3.63) is 47.4 Å². The summed E-state index contributed by atoms with van der Waals surface area (Å²) in [5, 5.41) is 10.3. The monoisotopic (exact) mass is 248 g/mol. The Morgan fingerprint density at radius 3 is 2.44 bits per heavy atom. The van der Waals surface area contributed by atoms with E-state index in [9.17, 15) is 5.11 Å². The highest BCUT2D eigenvalue weighted by Crippen LogP contribution is 2.33. The Morgan fingerprint density at radius 2 is 1.89 bits per heavy atom. The summed E-state index contributed by atoms with van der Waals surface area (Å²) in [6.45, 7) is 1.83. The Bertz CT molecular complexity index is 530. The van der Waals surface area contributed by atoms with Crippen LogP contribution in [-0.4, -0.2) is 19.3 Å². The molecule has 1 heterocycles. The van der Waals surface area contributed by atoms with Gasteiger partial charge in [-0.15, -0.1) is 0 Å². The summed E-state index contributed by atoms with van der Waals surface area (Å²) in [6, 6.07) is 8.83. The first-order chi connectivity index (χ1) is 8.65. The Hall–Kier alpha value is -1.94. The number of methoxy groups -OCH3 is 2. The number of aryl methyl sites for hydroxylation is 1. The normalized spacial score (nSPS) is 12.2. The molecule has 18 heavy (non-hydrogen) atoms. The fourth-order valence-electron chi connectivity index (χ4n) is 1.81. The van der Waals surface area contributed by atoms with Crippen LogP contribution in [0.5, 0.6) is 11.5 Å². The SMILES string of the molecule is COc1ccc(OC)c([C@H](O)c2ccc(C)o2)c1. The number of hydrogen-bond donors (Lipinski definition) is 1. The van der Waals surface area contributed by atoms with Gasteiger partial charge in [-0.1, -0.05) is 0 Å². The van der Waals surface area contributed by atoms with Gasteiger partial charge < -0.3 is 19.0 Å². The molecule has 2 aromatic rings. The van der Waals surface area contributed by atoms with Crippen LogP contribution in [-0.2, 0) is 0 Å². The Labute approximate surface area is 106 Å². The molecule has 0 aliphatic carbocycles. The van der Waals surface area contributed by atoms with Gasteiger partial charge in [0.05, 0.1) is 14.2 Å². The summed E-state index contributed by atoms with van der Waals surface area (Å²) < 4.78 is 15.8. The van der Waals surface area contributed by atoms with E-state index < -0.39 is 6.10 Å². The molecular formula is C14H16O4. The summed E-state index contributed by atoms with van der Waals surface area (Å²) in [5.74, 6) is 2.50. The van der Waals surface area contributed by atoms with Gasteiger partial charge in [0, 0.05) is 5.56 Å². The molecule has 1 atom stereocenters. The fourth-order valence-corrected chi connectivity index (χ4v) is 1.81. The molecule has 96 valence electrons. The van der Waals surface area contributed by atoms with Crippen molar-refractivity contribution in [1.29, 1.82) is 0 Å². The molecule has 0 spiro atoms. The first-order valence-electron chi connectivity index (χ1n) is 5.62. The van der Waals surface area contributed by atoms with Gasteiger partial charge in [0.25, 0.3) is 0 Å². The molecule has 0 unspecified atom stereocenters. The molecule has 4 heteroatoms. The highest BCUT2D eigenvalue weighted by atomic mass is 16.5. The van der Waals surface area contributed by atoms with Crippen LogP contribution in [0.25, 0.3) is 0 Å². The second-order valence-corrected chi connectivity index (χ2v) is 3.96. The lowest BCUT2D eigenvalue weighted by Crippen LogP contribution is -2.02. The second kappa shape index (κ2) is 5.14. The van der Waals surface area contributed by atoms with Crippen molar-refractivity contribution in [3.8, 4) is 11.5 Å². The van der Waals surface area contributed by atoms with E-state index in [1.165, 1.54) is 0 Å². The van der Waals surface area contributed by atoms with Gasteiger partial charge >= 0.3 is 0 Å². The van der Waals surface area contributed by atoms with E-state index in [4.69, 9.17) is 13.9 Å². The maximum atomic E-state index is 10.3. The molecule has 1 aromatic carbocycles. The Morgan fingerprint density at radius 1 is 1.11 bits per heavy atom. The molecule has 1 aromatic heterocycles. The molecule has 0 aliphatic heterocycles. The molecule has 0 bridgehead atoms. The van der Waals surface area contributed by atoms with Gasteiger partial charge in [-0.05, 0) is 37.3 Å². The number of rotatable bonds is 4. The summed E-state index contributed by atoms with van der Waals surface area (Å²) in [5.41, 5.74) is 0.617. The van der Waals surface area contributed by atoms with E-state index in [2.05, 4.69) is 0 Å². The first kappa shape index (κ1) is 12.5. The second-order valence-electron chi connectivity index (χ2n) is 3.96. The van der Waals surface area contributed by atoms with Crippen molar-refractivity contribution in [2.75, 3.05) is 14.2 Å². The minimum atomic E-state index is -0.872. The summed E-state index contributed by atoms with van der Waals surface area (Å²) in [4.78, 5) is 0. The van der Waals surface area contributed by atoms with Crippen LogP contribution in [0, 0.1) is 6.92 Å². The van der Waals surface area contributed by atoms with Crippen LogP contribution >= 0.6 is 0 Å². The Balaban J connectivity index is 2.41. The highest BCUT2D eigenvalue weighted by molar-refractivity contribution is 5.43. The van der Waals surface area contributed by atoms with E-state index in [0.717, 1.165) is 5.76 Å². The highest BCUT2D eigenvalue weighted by Gasteiger charge is 2.19. The van der Waals surface area contributed by atoms with Crippen molar-refractivity contribution in [2.24, 2.45) is 0 Å². The third-order valence-corrected chi connectivity index (χ3v) is 2.76. The van der Waals surface area contributed by atoms with Crippen molar-refractivity contribution >= 4 is 0 Å². The number of furan rings is 1. The first-order valence-corrected chi connectivity index (χ1v) is 5.62. The van der Waals surface area contributed by atoms with E-state index >= 15 is 0 Å². The molecule has 0 fully saturated rings. The molecule has 0 saturated carbocycles. The van der Waals surface area contributed by atoms with Gasteiger partial charge in [0.1, 0.15) is 29.1 Å². The topological polar surface area (TPSA) is 51.8 Å². The molecule has 1 N–H and O–H groups in total. The zero-order chi connectivity index (χ0) is 13.1. The van der Waals surface area contributed by atoms with Crippen LogP contribution in [0.1, 0.15) is 23.2 Å². The summed E-state index contributed by atoms with van der Waals surface area (Å²) in [6.07, 6.45) is -0.872. The molecular weight excluding hydrogens is 232 g/mol. The average molecular weight is 248 g/mol. The third-order valence-electron chi connectivity index (χ3n) is 2.76. The molecule has 2 rings (SSSR count). The van der Waals surface area contributed by atoms with Gasteiger partial charge in [-0.2, -0.15) is 0 Å². The van der Waals surface area contributed by atoms with Crippen LogP contribution in [0.2, 0.25) is 0 Å². The number of aliphatic hydroxyl groups excluding tert-OH is 1. The van der Waals surface area contributed by atoms with Crippen molar-refractivity contribution in [3.63, 3.8) is 0 Å². The molecule has 0 radical (unpaired) electrons. The van der Waals surface area contributed by atoms with Crippen LogP contribution in [0.15, 0.2) is 34.7 Å². The van der Waals surface area contributed by atoms with Gasteiger partial charge in [-0.25, -0.2) is 0 Å². The van der Waals surface area contributed by atoms with E-state index in [-0.39, 0.29) is 0 Å². The largest absolute Gasteiger partial charge is 0.497 e. The predicted octanol–water partition coefficient (Wildman–Crippen LogP) is 2.69. The maximum absolute atomic E-state index is 10.3. The van der Waals surface area contributed by atoms with Crippen LogP contribution in [0.4, 0.5) is 0 Å². The quantitative estimate of drug-likeness (QED) is 0.903. The van der Waals surface area contributed by atoms with Crippen molar-refractivity contribution in [2.45, 2.75) is 13.0 Å². The van der Waals surface area contributed by atoms with E-state index in [1.54, 1.807) is 38.5 Å². The zero-order valence-corrected chi connectivity index (χ0v) is 10.6. The fraction of sp³-hybridized carbons (Fsp3) is 0.286. The Kier molecular flexibility index (Phi) is 3.58. The molecule has 0 saturated heterocycles. The standard InChI is InChI=1S/C14H16O4/c1-9-4-6-13(18-9)14(15)11-8-10(16-2)5-7-12(11)17-3/h4-8,14-15H,1-3H3/t14-/m0/s1. The molecule has 0 aliphatic rings. The number of aliphatic hydroxyl groups is 1. The smallest absolute Gasteiger partial charge is 0.140 e. The number of benzene rings is 1. The van der Waals surface area contributed by atoms with E-state index in [0.29, 0.717) is 22.8 Å². The van der Waals surface area contributed by atoms with Gasteiger partial charge in [0.15, 0.2) is 0 Å². The lowest BCUT2D eigenvalue weighted by molar-refractivity contribution is 0.183. The van der Waals surface area contributed by atoms with Crippen molar-refractivity contribution < 1.29 is 19.0 Å². The minimum Gasteiger partial charge on any atom is -0.497 e. The lowest BCUT2D eigenvalue weighted by atomic mass is 10.1. The number of hydrogen-bond acceptors (Lipinski definition) is 4. The van der Waals surface area contributed by atoms with E-state index in [1.807, 2.05) is 13.0 Å². The van der Waals surface area contributed by atoms with Crippen LogP contribution in [0.3, 0.4) is 0 Å². The maximum Gasteiger partial charge on any atom is 0.140 e. The predicted molar refractivity (Wildman–Crippen MR) is 67.1 cm³/mol. The van der Waals surface area contributed by atoms with Crippen LogP contribution < -0.4 is 9.47 Å². The molecule has 4 nitrogen and oxygen atoms in total. The molecule has 0 amide bonds. The summed E-state index contributed by atoms with van der Waals surface area (Å²) in [7, 11) is 3.14. The lowest BCUT2D eigenvalue weighted by Gasteiger charge is -2.14. The van der Waals surface area contributed by atoms with Gasteiger partial charge in [0.2, 0.25) is 0 Å². The third kappa shape index (κ3) is 2.33. The van der Waals surface area contributed by atoms with Crippen molar-refractivity contribution in [1.82, 2.24) is 0 Å². The van der Waals surface area contributed by atoms with Gasteiger partial charge in [-0.3, -0.25) is 0 Å². The summed E-state index contributed by atoms with van der Waals surface area (Å²) >= 11 is 0. The zero-order valence-electron chi connectivity index (χ0n) is 10.6.